The predicted molar refractivity (Wildman–Crippen MR) is 88.1 cm³/mol. The van der Waals surface area contributed by atoms with E-state index in [1.165, 1.54) is 0 Å². The number of aryl methyl sites for hydroxylation is 2. The van der Waals surface area contributed by atoms with Gasteiger partial charge in [0.25, 0.3) is 5.89 Å². The number of para-hydroxylation sites is 1. The van der Waals surface area contributed by atoms with Gasteiger partial charge in [-0.15, -0.1) is 0 Å². The molecule has 6 nitrogen and oxygen atoms in total. The first-order valence-electron chi connectivity index (χ1n) is 7.73. The van der Waals surface area contributed by atoms with Crippen molar-refractivity contribution < 1.29 is 14.1 Å². The Hall–Kier alpha value is -2.89. The van der Waals surface area contributed by atoms with Crippen LogP contribution in [-0.4, -0.2) is 20.7 Å². The molecule has 0 fully saturated rings. The van der Waals surface area contributed by atoms with Gasteiger partial charge in [0.15, 0.2) is 11.9 Å². The summed E-state index contributed by atoms with van der Waals surface area (Å²) in [6.45, 7) is 7.29. The number of nitrogens with zero attached hydrogens (tertiary/aromatic N) is 3. The molecule has 0 spiro atoms. The smallest absolute Gasteiger partial charge is 0.340 e. The van der Waals surface area contributed by atoms with Gasteiger partial charge in [-0.1, -0.05) is 23.4 Å². The van der Waals surface area contributed by atoms with Gasteiger partial charge in [0.05, 0.1) is 5.56 Å². The first-order valence-corrected chi connectivity index (χ1v) is 7.73. The third kappa shape index (κ3) is 2.95. The summed E-state index contributed by atoms with van der Waals surface area (Å²) < 4.78 is 12.5. The van der Waals surface area contributed by atoms with E-state index in [9.17, 15) is 4.79 Å². The van der Waals surface area contributed by atoms with Crippen LogP contribution in [0.3, 0.4) is 0 Å². The Balaban J connectivity index is 1.86. The molecule has 0 amide bonds. The summed E-state index contributed by atoms with van der Waals surface area (Å²) in [6, 6.07) is 11.7. The maximum atomic E-state index is 12.5. The van der Waals surface area contributed by atoms with Gasteiger partial charge in [0.2, 0.25) is 0 Å². The molecule has 0 aliphatic heterocycles. The summed E-state index contributed by atoms with van der Waals surface area (Å²) in [4.78, 5) is 16.6. The van der Waals surface area contributed by atoms with Crippen LogP contribution in [0.5, 0.6) is 0 Å². The molecule has 0 saturated heterocycles. The monoisotopic (exact) mass is 325 g/mol. The molecule has 24 heavy (non-hydrogen) atoms. The van der Waals surface area contributed by atoms with E-state index in [1.807, 2.05) is 54.8 Å². The molecule has 0 aliphatic carbocycles. The maximum absolute atomic E-state index is 12.5. The maximum Gasteiger partial charge on any atom is 0.340 e. The summed E-state index contributed by atoms with van der Waals surface area (Å²) in [6.07, 6.45) is -0.599. The average Bonchev–Trinajstić information content (AvgIpc) is 3.12. The lowest BCUT2D eigenvalue weighted by atomic mass is 10.2. The van der Waals surface area contributed by atoms with Crippen molar-refractivity contribution in [3.63, 3.8) is 0 Å². The van der Waals surface area contributed by atoms with E-state index in [2.05, 4.69) is 10.1 Å². The van der Waals surface area contributed by atoms with Crippen molar-refractivity contribution in [1.29, 1.82) is 0 Å². The zero-order valence-electron chi connectivity index (χ0n) is 14.1. The molecule has 0 bridgehead atoms. The lowest BCUT2D eigenvalue weighted by molar-refractivity contribution is 0.0264. The van der Waals surface area contributed by atoms with E-state index in [-0.39, 0.29) is 5.89 Å². The number of aromatic nitrogens is 3. The number of hydrogen-bond donors (Lipinski definition) is 0. The number of rotatable bonds is 4. The molecular weight excluding hydrogens is 306 g/mol. The molecule has 6 heteroatoms. The van der Waals surface area contributed by atoms with Gasteiger partial charge in [0.1, 0.15) is 0 Å². The summed E-state index contributed by atoms with van der Waals surface area (Å²) in [7, 11) is 0. The molecule has 0 saturated carbocycles. The van der Waals surface area contributed by atoms with Gasteiger partial charge in [-0.3, -0.25) is 0 Å². The molecule has 2 aromatic heterocycles. The van der Waals surface area contributed by atoms with Gasteiger partial charge in [-0.05, 0) is 45.9 Å². The van der Waals surface area contributed by atoms with Crippen LogP contribution in [0, 0.1) is 20.8 Å². The van der Waals surface area contributed by atoms with Crippen LogP contribution in [0.4, 0.5) is 0 Å². The van der Waals surface area contributed by atoms with E-state index in [0.717, 1.165) is 17.1 Å². The molecule has 3 aromatic rings. The Bertz CT molecular complexity index is 865. The summed E-state index contributed by atoms with van der Waals surface area (Å²) in [5, 5.41) is 3.71. The van der Waals surface area contributed by atoms with Crippen LogP contribution >= 0.6 is 0 Å². The fraction of sp³-hybridized carbons (Fsp3) is 0.278. The molecular formula is C18H19N3O3. The number of benzene rings is 1. The summed E-state index contributed by atoms with van der Waals surface area (Å²) in [5.74, 6) is 0.390. The molecule has 0 aliphatic rings. The first kappa shape index (κ1) is 16.0. The Kier molecular flexibility index (Phi) is 4.20. The zero-order chi connectivity index (χ0) is 17.3. The van der Waals surface area contributed by atoms with Gasteiger partial charge in [-0.2, -0.15) is 4.98 Å². The minimum atomic E-state index is -0.599. The van der Waals surface area contributed by atoms with Crippen molar-refractivity contribution in [3.05, 3.63) is 65.1 Å². The molecule has 1 unspecified atom stereocenters. The van der Waals surface area contributed by atoms with E-state index in [0.29, 0.717) is 11.4 Å². The summed E-state index contributed by atoms with van der Waals surface area (Å²) >= 11 is 0. The third-order valence-corrected chi connectivity index (χ3v) is 3.84. The standard InChI is InChI=1S/C18H19N3O3/c1-11-10-16(12(2)21(11)15-8-6-5-7-9-15)18(22)23-13(3)17-19-14(4)20-24-17/h5-10,13H,1-4H3. The van der Waals surface area contributed by atoms with E-state index >= 15 is 0 Å². The highest BCUT2D eigenvalue weighted by atomic mass is 16.6. The highest BCUT2D eigenvalue weighted by Crippen LogP contribution is 2.23. The minimum absolute atomic E-state index is 0.290. The number of esters is 1. The fourth-order valence-corrected chi connectivity index (χ4v) is 2.70. The third-order valence-electron chi connectivity index (χ3n) is 3.84. The van der Waals surface area contributed by atoms with E-state index in [4.69, 9.17) is 9.26 Å². The SMILES string of the molecule is Cc1noc(C(C)OC(=O)c2cc(C)n(-c3ccccc3)c2C)n1. The largest absolute Gasteiger partial charge is 0.449 e. The normalized spacial score (nSPS) is 12.2. The Morgan fingerprint density at radius 3 is 2.54 bits per heavy atom. The molecule has 2 heterocycles. The molecule has 3 rings (SSSR count). The highest BCUT2D eigenvalue weighted by molar-refractivity contribution is 5.91. The lowest BCUT2D eigenvalue weighted by Gasteiger charge is -2.11. The lowest BCUT2D eigenvalue weighted by Crippen LogP contribution is -2.11. The fourth-order valence-electron chi connectivity index (χ4n) is 2.70. The first-order chi connectivity index (χ1) is 11.5. The number of ether oxygens (including phenoxy) is 1. The second-order valence-electron chi connectivity index (χ2n) is 5.68. The van der Waals surface area contributed by atoms with Crippen LogP contribution < -0.4 is 0 Å². The van der Waals surface area contributed by atoms with Gasteiger partial charge in [-0.25, -0.2) is 4.79 Å². The van der Waals surface area contributed by atoms with Crippen LogP contribution in [-0.2, 0) is 4.74 Å². The zero-order valence-corrected chi connectivity index (χ0v) is 14.1. The Morgan fingerprint density at radius 2 is 1.92 bits per heavy atom. The van der Waals surface area contributed by atoms with Crippen LogP contribution in [0.15, 0.2) is 40.9 Å². The molecule has 1 aromatic carbocycles. The van der Waals surface area contributed by atoms with Crippen molar-refractivity contribution in [2.75, 3.05) is 0 Å². The number of carbonyl (C=O) groups is 1. The van der Waals surface area contributed by atoms with Crippen molar-refractivity contribution in [1.82, 2.24) is 14.7 Å². The Labute approximate surface area is 140 Å². The Morgan fingerprint density at radius 1 is 1.21 bits per heavy atom. The van der Waals surface area contributed by atoms with Crippen molar-refractivity contribution in [3.8, 4) is 5.69 Å². The highest BCUT2D eigenvalue weighted by Gasteiger charge is 2.22. The van der Waals surface area contributed by atoms with Gasteiger partial charge < -0.3 is 13.8 Å². The second-order valence-corrected chi connectivity index (χ2v) is 5.68. The topological polar surface area (TPSA) is 70.2 Å². The van der Waals surface area contributed by atoms with E-state index < -0.39 is 12.1 Å². The predicted octanol–water partition coefficient (Wildman–Crippen LogP) is 3.70. The molecule has 124 valence electrons. The van der Waals surface area contributed by atoms with Crippen molar-refractivity contribution in [2.45, 2.75) is 33.8 Å². The summed E-state index contributed by atoms with van der Waals surface area (Å²) in [5.41, 5.74) is 3.33. The quantitative estimate of drug-likeness (QED) is 0.684. The minimum Gasteiger partial charge on any atom is -0.449 e. The van der Waals surface area contributed by atoms with Gasteiger partial charge >= 0.3 is 5.97 Å². The molecule has 0 N–H and O–H groups in total. The van der Waals surface area contributed by atoms with Crippen molar-refractivity contribution >= 4 is 5.97 Å². The number of hydrogen-bond acceptors (Lipinski definition) is 5. The van der Waals surface area contributed by atoms with Crippen LogP contribution in [0.25, 0.3) is 5.69 Å². The number of carbonyl (C=O) groups excluding carboxylic acids is 1. The second kappa shape index (κ2) is 6.31. The van der Waals surface area contributed by atoms with E-state index in [1.54, 1.807) is 13.8 Å². The van der Waals surface area contributed by atoms with Crippen LogP contribution in [0.2, 0.25) is 0 Å². The van der Waals surface area contributed by atoms with Gasteiger partial charge in [0, 0.05) is 17.1 Å². The molecule has 0 radical (unpaired) electrons. The molecule has 1 atom stereocenters. The average molecular weight is 325 g/mol. The van der Waals surface area contributed by atoms with Crippen molar-refractivity contribution in [2.24, 2.45) is 0 Å². The van der Waals surface area contributed by atoms with Crippen LogP contribution in [0.1, 0.15) is 46.5 Å².